The van der Waals surface area contributed by atoms with Gasteiger partial charge in [0.05, 0.1) is 19.3 Å². The summed E-state index contributed by atoms with van der Waals surface area (Å²) in [5.41, 5.74) is 4.12. The summed E-state index contributed by atoms with van der Waals surface area (Å²) in [5.74, 6) is 0.886. The largest absolute Gasteiger partial charge is 0.377 e. The van der Waals surface area contributed by atoms with Crippen LogP contribution in [0.1, 0.15) is 50.8 Å². The van der Waals surface area contributed by atoms with Gasteiger partial charge in [-0.25, -0.2) is 0 Å². The minimum Gasteiger partial charge on any atom is -0.377 e. The Morgan fingerprint density at radius 2 is 2.04 bits per heavy atom. The number of nitrogens with one attached hydrogen (secondary N) is 2. The van der Waals surface area contributed by atoms with E-state index in [0.29, 0.717) is 0 Å². The molecule has 1 aromatic carbocycles. The summed E-state index contributed by atoms with van der Waals surface area (Å²) in [6.07, 6.45) is 5.32. The Balaban J connectivity index is 1.90. The number of benzene rings is 1. The summed E-state index contributed by atoms with van der Waals surface area (Å²) in [6, 6.07) is 9.04. The lowest BCUT2D eigenvalue weighted by molar-refractivity contribution is 0.153. The fraction of sp³-hybridized carbons (Fsp3) is 0.550. The zero-order valence-corrected chi connectivity index (χ0v) is 15.3. The van der Waals surface area contributed by atoms with Gasteiger partial charge in [-0.2, -0.15) is 0 Å². The van der Waals surface area contributed by atoms with Gasteiger partial charge in [0.15, 0.2) is 5.96 Å². The number of aliphatic imine (C=N–C) groups is 1. The van der Waals surface area contributed by atoms with Crippen molar-refractivity contribution in [1.82, 2.24) is 10.6 Å². The lowest BCUT2D eigenvalue weighted by Crippen LogP contribution is -2.38. The second-order valence-corrected chi connectivity index (χ2v) is 6.16. The Hall–Kier alpha value is -1.81. The fourth-order valence-electron chi connectivity index (χ4n) is 2.75. The van der Waals surface area contributed by atoms with E-state index in [1.807, 2.05) is 0 Å². The molecule has 132 valence electrons. The first kappa shape index (κ1) is 18.5. The van der Waals surface area contributed by atoms with Gasteiger partial charge in [-0.05, 0) is 44.2 Å². The van der Waals surface area contributed by atoms with Gasteiger partial charge < -0.3 is 15.4 Å². The maximum atomic E-state index is 5.35. The van der Waals surface area contributed by atoms with E-state index in [2.05, 4.69) is 61.7 Å². The van der Waals surface area contributed by atoms with Crippen LogP contribution in [0.25, 0.3) is 0 Å². The molecule has 1 unspecified atom stereocenters. The van der Waals surface area contributed by atoms with Crippen molar-refractivity contribution in [2.45, 2.75) is 46.1 Å². The number of hydrogen-bond donors (Lipinski definition) is 2. The molecule has 1 aromatic rings. The Labute approximate surface area is 146 Å². The van der Waals surface area contributed by atoms with Gasteiger partial charge >= 0.3 is 0 Å². The Morgan fingerprint density at radius 3 is 2.67 bits per heavy atom. The van der Waals surface area contributed by atoms with Crippen molar-refractivity contribution in [2.75, 3.05) is 26.3 Å². The molecule has 1 aliphatic rings. The topological polar surface area (TPSA) is 45.7 Å². The number of rotatable bonds is 7. The molecule has 4 nitrogen and oxygen atoms in total. The molecule has 1 heterocycles. The summed E-state index contributed by atoms with van der Waals surface area (Å²) in [7, 11) is 0. The molecule has 0 bridgehead atoms. The molecule has 0 fully saturated rings. The number of nitrogens with zero attached hydrogens (tertiary/aromatic N) is 1. The summed E-state index contributed by atoms with van der Waals surface area (Å²) in [4.78, 5) is 4.72. The van der Waals surface area contributed by atoms with Crippen molar-refractivity contribution >= 4 is 5.96 Å². The van der Waals surface area contributed by atoms with E-state index in [1.54, 1.807) is 0 Å². The molecule has 2 N–H and O–H groups in total. The van der Waals surface area contributed by atoms with E-state index in [1.165, 1.54) is 16.7 Å². The van der Waals surface area contributed by atoms with Gasteiger partial charge in [0.1, 0.15) is 0 Å². The molecule has 0 amide bonds. The van der Waals surface area contributed by atoms with Crippen LogP contribution in [0.4, 0.5) is 0 Å². The van der Waals surface area contributed by atoms with Crippen molar-refractivity contribution in [3.8, 4) is 0 Å². The zero-order valence-electron chi connectivity index (χ0n) is 15.3. The van der Waals surface area contributed by atoms with Crippen molar-refractivity contribution in [1.29, 1.82) is 0 Å². The van der Waals surface area contributed by atoms with Gasteiger partial charge in [0.2, 0.25) is 0 Å². The second-order valence-electron chi connectivity index (χ2n) is 6.16. The predicted octanol–water partition coefficient (Wildman–Crippen LogP) is 3.60. The van der Waals surface area contributed by atoms with Gasteiger partial charge in [-0.3, -0.25) is 4.99 Å². The maximum absolute atomic E-state index is 5.35. The first-order chi connectivity index (χ1) is 11.7. The van der Waals surface area contributed by atoms with Crippen LogP contribution in [0.2, 0.25) is 0 Å². The third kappa shape index (κ3) is 6.00. The van der Waals surface area contributed by atoms with E-state index < -0.39 is 0 Å². The summed E-state index contributed by atoms with van der Waals surface area (Å²) >= 11 is 0. The molecule has 0 spiro atoms. The Morgan fingerprint density at radius 1 is 1.25 bits per heavy atom. The molecular weight excluding hydrogens is 298 g/mol. The Kier molecular flexibility index (Phi) is 7.83. The van der Waals surface area contributed by atoms with Gasteiger partial charge in [0, 0.05) is 13.1 Å². The highest BCUT2D eigenvalue weighted by molar-refractivity contribution is 5.80. The fourth-order valence-corrected chi connectivity index (χ4v) is 2.75. The third-order valence-electron chi connectivity index (χ3n) is 4.35. The van der Waals surface area contributed by atoms with Crippen LogP contribution >= 0.6 is 0 Å². The van der Waals surface area contributed by atoms with Crippen molar-refractivity contribution in [3.05, 3.63) is 47.0 Å². The number of aryl methyl sites for hydroxylation is 1. The van der Waals surface area contributed by atoms with E-state index >= 15 is 0 Å². The highest BCUT2D eigenvalue weighted by atomic mass is 16.5. The van der Waals surface area contributed by atoms with Crippen LogP contribution in [0.5, 0.6) is 0 Å². The van der Waals surface area contributed by atoms with Crippen molar-refractivity contribution in [2.24, 2.45) is 4.99 Å². The molecule has 1 aliphatic heterocycles. The molecule has 0 aliphatic carbocycles. The molecule has 2 rings (SSSR count). The predicted molar refractivity (Wildman–Crippen MR) is 101 cm³/mol. The summed E-state index contributed by atoms with van der Waals surface area (Å²) in [6.45, 7) is 9.72. The first-order valence-electron chi connectivity index (χ1n) is 9.12. The van der Waals surface area contributed by atoms with Gasteiger partial charge in [-0.15, -0.1) is 0 Å². The minimum atomic E-state index is 0.232. The SMILES string of the molecule is CCNC(=NCCC1=CCOCC1)NC(C)c1ccc(CC)cc1. The monoisotopic (exact) mass is 329 g/mol. The van der Waals surface area contributed by atoms with E-state index in [-0.39, 0.29) is 6.04 Å². The highest BCUT2D eigenvalue weighted by Crippen LogP contribution is 2.14. The van der Waals surface area contributed by atoms with Crippen LogP contribution in [0.3, 0.4) is 0 Å². The van der Waals surface area contributed by atoms with E-state index in [4.69, 9.17) is 9.73 Å². The molecule has 0 saturated carbocycles. The van der Waals surface area contributed by atoms with Gasteiger partial charge in [0.25, 0.3) is 0 Å². The Bertz CT molecular complexity index is 549. The smallest absolute Gasteiger partial charge is 0.191 e. The molecule has 0 aromatic heterocycles. The average Bonchev–Trinajstić information content (AvgIpc) is 2.63. The zero-order chi connectivity index (χ0) is 17.2. The number of guanidine groups is 1. The molecule has 0 saturated heterocycles. The lowest BCUT2D eigenvalue weighted by Gasteiger charge is -2.19. The van der Waals surface area contributed by atoms with Crippen LogP contribution < -0.4 is 10.6 Å². The standard InChI is InChI=1S/C20H31N3O/c1-4-17-6-8-19(9-7-17)16(3)23-20(21-5-2)22-13-10-18-11-14-24-15-12-18/h6-9,11,16H,4-5,10,12-15H2,1-3H3,(H2,21,22,23). The van der Waals surface area contributed by atoms with E-state index in [0.717, 1.165) is 51.5 Å². The molecular formula is C20H31N3O. The summed E-state index contributed by atoms with van der Waals surface area (Å²) in [5, 5.41) is 6.84. The first-order valence-corrected chi connectivity index (χ1v) is 9.12. The normalized spacial score (nSPS) is 16.5. The van der Waals surface area contributed by atoms with E-state index in [9.17, 15) is 0 Å². The molecule has 4 heteroatoms. The maximum Gasteiger partial charge on any atom is 0.191 e. The molecule has 24 heavy (non-hydrogen) atoms. The summed E-state index contributed by atoms with van der Waals surface area (Å²) < 4.78 is 5.35. The molecule has 0 radical (unpaired) electrons. The van der Waals surface area contributed by atoms with Crippen LogP contribution in [0, 0.1) is 0 Å². The number of ether oxygens (including phenoxy) is 1. The minimum absolute atomic E-state index is 0.232. The molecule has 1 atom stereocenters. The van der Waals surface area contributed by atoms with Gasteiger partial charge in [-0.1, -0.05) is 42.8 Å². The van der Waals surface area contributed by atoms with Crippen molar-refractivity contribution in [3.63, 3.8) is 0 Å². The third-order valence-corrected chi connectivity index (χ3v) is 4.35. The highest BCUT2D eigenvalue weighted by Gasteiger charge is 2.08. The average molecular weight is 329 g/mol. The number of hydrogen-bond acceptors (Lipinski definition) is 2. The quantitative estimate of drug-likeness (QED) is 0.456. The van der Waals surface area contributed by atoms with Crippen LogP contribution in [-0.4, -0.2) is 32.3 Å². The van der Waals surface area contributed by atoms with Crippen molar-refractivity contribution < 1.29 is 4.74 Å². The van der Waals surface area contributed by atoms with Crippen LogP contribution in [0.15, 0.2) is 40.9 Å². The second kappa shape index (κ2) is 10.1. The lowest BCUT2D eigenvalue weighted by atomic mass is 10.1. The van der Waals surface area contributed by atoms with Crippen LogP contribution in [-0.2, 0) is 11.2 Å².